The molecule has 3 rings (SSSR count). The molecule has 2 aromatic carbocycles. The Kier molecular flexibility index (Phi) is 5.40. The van der Waals surface area contributed by atoms with Crippen LogP contribution in [0.2, 0.25) is 0 Å². The van der Waals surface area contributed by atoms with E-state index in [-0.39, 0.29) is 11.7 Å². The van der Waals surface area contributed by atoms with Crippen molar-refractivity contribution in [3.8, 4) is 5.75 Å². The molecule has 0 atom stereocenters. The van der Waals surface area contributed by atoms with Gasteiger partial charge in [-0.15, -0.1) is 11.3 Å². The smallest absolute Gasteiger partial charge is 0.261 e. The predicted octanol–water partition coefficient (Wildman–Crippen LogP) is 4.52. The quantitative estimate of drug-likeness (QED) is 0.706. The zero-order chi connectivity index (χ0) is 17.6. The minimum atomic E-state index is -0.268. The Labute approximate surface area is 149 Å². The molecule has 128 valence electrons. The second-order valence-corrected chi connectivity index (χ2v) is 6.44. The molecule has 25 heavy (non-hydrogen) atoms. The fourth-order valence-electron chi connectivity index (χ4n) is 2.40. The third-order valence-electron chi connectivity index (χ3n) is 3.47. The first-order valence-corrected chi connectivity index (χ1v) is 8.69. The number of para-hydroxylation sites is 1. The summed E-state index contributed by atoms with van der Waals surface area (Å²) in [6, 6.07) is 13.5. The van der Waals surface area contributed by atoms with Crippen molar-refractivity contribution < 1.29 is 13.9 Å². The summed E-state index contributed by atoms with van der Waals surface area (Å²) in [5.74, 6) is 0.0119. The molecule has 0 saturated carbocycles. The number of anilines is 1. The van der Waals surface area contributed by atoms with Crippen LogP contribution in [0.25, 0.3) is 0 Å². The molecule has 1 aromatic heterocycles. The number of benzene rings is 2. The van der Waals surface area contributed by atoms with Crippen molar-refractivity contribution >= 4 is 22.4 Å². The molecular weight excluding hydrogens is 339 g/mol. The van der Waals surface area contributed by atoms with Crippen molar-refractivity contribution in [1.29, 1.82) is 0 Å². The fraction of sp³-hybridized carbons (Fsp3) is 0.158. The van der Waals surface area contributed by atoms with Gasteiger partial charge in [0.1, 0.15) is 11.6 Å². The van der Waals surface area contributed by atoms with Crippen LogP contribution < -0.4 is 10.1 Å². The summed E-state index contributed by atoms with van der Waals surface area (Å²) in [5.41, 5.74) is 1.33. The number of carbonyl (C=O) groups excluding carboxylic acids is 1. The summed E-state index contributed by atoms with van der Waals surface area (Å²) in [5, 5.41) is 3.29. The van der Waals surface area contributed by atoms with E-state index in [1.54, 1.807) is 30.5 Å². The second kappa shape index (κ2) is 7.90. The number of carbonyl (C=O) groups is 1. The average molecular weight is 356 g/mol. The largest absolute Gasteiger partial charge is 0.493 e. The van der Waals surface area contributed by atoms with Gasteiger partial charge in [-0.25, -0.2) is 9.37 Å². The highest BCUT2D eigenvalue weighted by Gasteiger charge is 2.14. The van der Waals surface area contributed by atoms with Gasteiger partial charge in [0.25, 0.3) is 5.91 Å². The normalized spacial score (nSPS) is 10.5. The van der Waals surface area contributed by atoms with E-state index in [1.807, 2.05) is 19.1 Å². The van der Waals surface area contributed by atoms with E-state index < -0.39 is 0 Å². The molecule has 0 fully saturated rings. The molecule has 0 spiro atoms. The summed E-state index contributed by atoms with van der Waals surface area (Å²) in [4.78, 5) is 17.6. The summed E-state index contributed by atoms with van der Waals surface area (Å²) in [7, 11) is 0. The summed E-state index contributed by atoms with van der Waals surface area (Å²) >= 11 is 1.37. The van der Waals surface area contributed by atoms with Gasteiger partial charge in [0.2, 0.25) is 0 Å². The number of aromatic nitrogens is 1. The minimum absolute atomic E-state index is 0.261. The van der Waals surface area contributed by atoms with Crippen LogP contribution in [-0.4, -0.2) is 17.5 Å². The van der Waals surface area contributed by atoms with Crippen LogP contribution in [0.15, 0.2) is 54.7 Å². The Morgan fingerprint density at radius 3 is 2.88 bits per heavy atom. The number of amides is 1. The maximum Gasteiger partial charge on any atom is 0.261 e. The Morgan fingerprint density at radius 2 is 2.08 bits per heavy atom. The molecule has 0 bridgehead atoms. The highest BCUT2D eigenvalue weighted by Crippen LogP contribution is 2.24. The van der Waals surface area contributed by atoms with Crippen molar-refractivity contribution in [3.05, 3.63) is 76.5 Å². The molecule has 0 aliphatic heterocycles. The van der Waals surface area contributed by atoms with Gasteiger partial charge >= 0.3 is 0 Å². The van der Waals surface area contributed by atoms with Crippen molar-refractivity contribution in [1.82, 2.24) is 4.98 Å². The maximum atomic E-state index is 13.3. The molecule has 1 amide bonds. The van der Waals surface area contributed by atoms with Gasteiger partial charge < -0.3 is 4.74 Å². The molecule has 0 unspecified atom stereocenters. The van der Waals surface area contributed by atoms with Gasteiger partial charge in [0.05, 0.1) is 12.2 Å². The summed E-state index contributed by atoms with van der Waals surface area (Å²) in [6.45, 7) is 2.35. The number of hydrogen-bond donors (Lipinski definition) is 1. The molecular formula is C19H17FN2O2S. The van der Waals surface area contributed by atoms with E-state index in [9.17, 15) is 9.18 Å². The summed E-state index contributed by atoms with van der Waals surface area (Å²) < 4.78 is 18.7. The maximum absolute atomic E-state index is 13.3. The Morgan fingerprint density at radius 1 is 1.24 bits per heavy atom. The molecule has 0 saturated heterocycles. The predicted molar refractivity (Wildman–Crippen MR) is 96.9 cm³/mol. The lowest BCUT2D eigenvalue weighted by Gasteiger charge is -2.08. The topological polar surface area (TPSA) is 51.2 Å². The van der Waals surface area contributed by atoms with Crippen LogP contribution in [-0.2, 0) is 6.42 Å². The van der Waals surface area contributed by atoms with Crippen LogP contribution in [0.1, 0.15) is 27.7 Å². The van der Waals surface area contributed by atoms with Gasteiger partial charge in [0, 0.05) is 17.5 Å². The molecule has 4 nitrogen and oxygen atoms in total. The zero-order valence-electron chi connectivity index (χ0n) is 13.7. The molecule has 0 aliphatic carbocycles. The zero-order valence-corrected chi connectivity index (χ0v) is 14.5. The van der Waals surface area contributed by atoms with E-state index in [1.165, 1.54) is 23.5 Å². The van der Waals surface area contributed by atoms with Gasteiger partial charge in [-0.05, 0) is 36.8 Å². The first-order chi connectivity index (χ1) is 12.2. The number of halogens is 1. The van der Waals surface area contributed by atoms with Gasteiger partial charge in [-0.1, -0.05) is 24.3 Å². The lowest BCUT2D eigenvalue weighted by Crippen LogP contribution is -2.13. The van der Waals surface area contributed by atoms with Crippen LogP contribution in [0.3, 0.4) is 0 Å². The van der Waals surface area contributed by atoms with Gasteiger partial charge in [0.15, 0.2) is 5.13 Å². The molecule has 1 N–H and O–H groups in total. The van der Waals surface area contributed by atoms with E-state index >= 15 is 0 Å². The van der Waals surface area contributed by atoms with Crippen molar-refractivity contribution in [2.75, 3.05) is 11.9 Å². The lowest BCUT2D eigenvalue weighted by molar-refractivity contribution is 0.102. The Bertz CT molecular complexity index is 879. The Hall–Kier alpha value is -2.73. The SMILES string of the molecule is CCOc1ccccc1C(=O)Nc1ncc(Cc2cccc(F)c2)s1. The van der Waals surface area contributed by atoms with E-state index in [4.69, 9.17) is 4.74 Å². The first-order valence-electron chi connectivity index (χ1n) is 7.88. The molecule has 3 aromatic rings. The molecule has 0 aliphatic rings. The van der Waals surface area contributed by atoms with E-state index in [0.717, 1.165) is 10.4 Å². The van der Waals surface area contributed by atoms with Crippen LogP contribution >= 0.6 is 11.3 Å². The van der Waals surface area contributed by atoms with Gasteiger partial charge in [-0.3, -0.25) is 10.1 Å². The van der Waals surface area contributed by atoms with E-state index in [2.05, 4.69) is 10.3 Å². The number of ether oxygens (including phenoxy) is 1. The number of nitrogens with one attached hydrogen (secondary N) is 1. The molecule has 0 radical (unpaired) electrons. The standard InChI is InChI=1S/C19H17FN2O2S/c1-2-24-17-9-4-3-8-16(17)18(23)22-19-21-12-15(25-19)11-13-6-5-7-14(20)10-13/h3-10,12H,2,11H2,1H3,(H,21,22,23). The van der Waals surface area contributed by atoms with Crippen molar-refractivity contribution in [2.45, 2.75) is 13.3 Å². The van der Waals surface area contributed by atoms with Crippen molar-refractivity contribution in [2.24, 2.45) is 0 Å². The molecule has 1 heterocycles. The lowest BCUT2D eigenvalue weighted by atomic mass is 10.1. The highest BCUT2D eigenvalue weighted by molar-refractivity contribution is 7.15. The first kappa shape index (κ1) is 17.1. The third-order valence-corrected chi connectivity index (χ3v) is 4.39. The van der Waals surface area contributed by atoms with Crippen molar-refractivity contribution in [3.63, 3.8) is 0 Å². The average Bonchev–Trinajstić information content (AvgIpc) is 3.02. The minimum Gasteiger partial charge on any atom is -0.493 e. The molecule has 6 heteroatoms. The van der Waals surface area contributed by atoms with E-state index in [0.29, 0.717) is 29.5 Å². The monoisotopic (exact) mass is 356 g/mol. The van der Waals surface area contributed by atoms with Crippen LogP contribution in [0.5, 0.6) is 5.75 Å². The highest BCUT2D eigenvalue weighted by atomic mass is 32.1. The number of hydrogen-bond acceptors (Lipinski definition) is 4. The number of rotatable bonds is 6. The van der Waals surface area contributed by atoms with Crippen LogP contribution in [0, 0.1) is 5.82 Å². The van der Waals surface area contributed by atoms with Crippen LogP contribution in [0.4, 0.5) is 9.52 Å². The van der Waals surface area contributed by atoms with Gasteiger partial charge in [-0.2, -0.15) is 0 Å². The second-order valence-electron chi connectivity index (χ2n) is 5.32. The number of thiazole rings is 1. The number of nitrogens with zero attached hydrogens (tertiary/aromatic N) is 1. The summed E-state index contributed by atoms with van der Waals surface area (Å²) in [6.07, 6.45) is 2.26. The Balaban J connectivity index is 1.70. The third kappa shape index (κ3) is 4.42. The fourth-order valence-corrected chi connectivity index (χ4v) is 3.24.